The summed E-state index contributed by atoms with van der Waals surface area (Å²) < 4.78 is 0. The van der Waals surface area contributed by atoms with E-state index in [2.05, 4.69) is 0 Å². The second kappa shape index (κ2) is 12.0. The van der Waals surface area contributed by atoms with E-state index in [0.717, 1.165) is 0 Å². The third-order valence-corrected chi connectivity index (χ3v) is 4.15. The first-order chi connectivity index (χ1) is 14.3. The van der Waals surface area contributed by atoms with Gasteiger partial charge in [-0.15, -0.1) is 0 Å². The van der Waals surface area contributed by atoms with E-state index in [1.807, 2.05) is 5.48 Å². The minimum absolute atomic E-state index is 0. The number of rotatable bonds is 5. The van der Waals surface area contributed by atoms with E-state index in [4.69, 9.17) is 5.21 Å². The molecule has 0 aliphatic carbocycles. The third kappa shape index (κ3) is 7.18. The summed E-state index contributed by atoms with van der Waals surface area (Å²) in [5, 5.41) is 18.9. The van der Waals surface area contributed by atoms with E-state index in [1.54, 1.807) is 66.7 Å². The lowest BCUT2D eigenvalue weighted by molar-refractivity contribution is 0.0854. The summed E-state index contributed by atoms with van der Waals surface area (Å²) in [5.41, 5.74) is 4.44. The molecule has 0 atom stereocenters. The fourth-order valence-corrected chi connectivity index (χ4v) is 2.44. The maximum absolute atomic E-state index is 12.0. The minimum Gasteiger partial charge on any atom is -0.295 e. The first kappa shape index (κ1) is 25.2. The number of benzene rings is 3. The molecule has 0 spiro atoms. The van der Waals surface area contributed by atoms with Gasteiger partial charge in [0.25, 0.3) is 5.91 Å². The van der Waals surface area contributed by atoms with E-state index < -0.39 is 5.91 Å². The van der Waals surface area contributed by atoms with Gasteiger partial charge in [-0.05, 0) is 74.5 Å². The molecular formula is C24H26N2O5. The van der Waals surface area contributed by atoms with Gasteiger partial charge in [0.05, 0.1) is 11.4 Å². The molecule has 0 radical (unpaired) electrons. The summed E-state index contributed by atoms with van der Waals surface area (Å²) in [6.45, 7) is 2.96. The summed E-state index contributed by atoms with van der Waals surface area (Å²) in [5.74, 6) is -0.559. The Morgan fingerprint density at radius 3 is 1.58 bits per heavy atom. The molecule has 31 heavy (non-hydrogen) atoms. The lowest BCUT2D eigenvalue weighted by atomic mass is 10.1. The van der Waals surface area contributed by atoms with Gasteiger partial charge in [0.2, 0.25) is 0 Å². The van der Waals surface area contributed by atoms with Gasteiger partial charge in [0.1, 0.15) is 0 Å². The molecule has 162 valence electrons. The van der Waals surface area contributed by atoms with Crippen LogP contribution >= 0.6 is 0 Å². The van der Waals surface area contributed by atoms with Crippen molar-refractivity contribution in [1.82, 2.24) is 0 Å². The number of hydroxylamine groups is 1. The largest absolute Gasteiger partial charge is 0.295 e. The van der Waals surface area contributed by atoms with Crippen LogP contribution in [0, 0.1) is 0 Å². The number of carbonyl (C=O) groups is 3. The number of amides is 1. The Kier molecular flexibility index (Phi) is 9.78. The van der Waals surface area contributed by atoms with Gasteiger partial charge < -0.3 is 0 Å². The molecule has 3 N–H and O–H groups in total. The van der Waals surface area contributed by atoms with Crippen molar-refractivity contribution in [3.05, 3.63) is 95.6 Å². The van der Waals surface area contributed by atoms with E-state index in [9.17, 15) is 19.6 Å². The molecule has 7 nitrogen and oxygen atoms in total. The quantitative estimate of drug-likeness (QED) is 0.294. The Labute approximate surface area is 181 Å². The number of nitrogens with one attached hydrogen (secondary N) is 1. The lowest BCUT2D eigenvalue weighted by Gasteiger charge is -2.15. The van der Waals surface area contributed by atoms with E-state index in [1.165, 1.54) is 26.0 Å². The SMILES string of the molecule is C.CC(=O)c1ccc(N(O)C(=O)c2ccccc2)cc1.CC(=O)c1ccc(NO)cc1. The van der Waals surface area contributed by atoms with E-state index >= 15 is 0 Å². The van der Waals surface area contributed by atoms with Crippen LogP contribution in [0.4, 0.5) is 11.4 Å². The predicted octanol–water partition coefficient (Wildman–Crippen LogP) is 5.25. The van der Waals surface area contributed by atoms with Crippen LogP contribution in [-0.2, 0) is 0 Å². The molecule has 0 aliphatic heterocycles. The normalized spacial score (nSPS) is 9.42. The van der Waals surface area contributed by atoms with Crippen LogP contribution < -0.4 is 10.5 Å². The summed E-state index contributed by atoms with van der Waals surface area (Å²) in [7, 11) is 0. The molecule has 7 heteroatoms. The second-order valence-corrected chi connectivity index (χ2v) is 6.33. The van der Waals surface area contributed by atoms with Crippen LogP contribution in [-0.4, -0.2) is 27.9 Å². The van der Waals surface area contributed by atoms with Gasteiger partial charge in [-0.2, -0.15) is 5.06 Å². The van der Waals surface area contributed by atoms with Gasteiger partial charge in [0, 0.05) is 16.7 Å². The molecule has 0 aromatic heterocycles. The van der Waals surface area contributed by atoms with Gasteiger partial charge in [-0.3, -0.25) is 30.3 Å². The minimum atomic E-state index is -0.517. The van der Waals surface area contributed by atoms with E-state index in [0.29, 0.717) is 33.1 Å². The monoisotopic (exact) mass is 422 g/mol. The molecule has 3 rings (SSSR count). The van der Waals surface area contributed by atoms with Crippen LogP contribution in [0.15, 0.2) is 78.9 Å². The van der Waals surface area contributed by atoms with Crippen molar-refractivity contribution < 1.29 is 24.8 Å². The Morgan fingerprint density at radius 1 is 0.710 bits per heavy atom. The molecular weight excluding hydrogens is 396 g/mol. The molecule has 0 saturated heterocycles. The lowest BCUT2D eigenvalue weighted by Crippen LogP contribution is -2.26. The van der Waals surface area contributed by atoms with Crippen molar-refractivity contribution in [1.29, 1.82) is 0 Å². The molecule has 1 amide bonds. The maximum Gasteiger partial charge on any atom is 0.281 e. The summed E-state index contributed by atoms with van der Waals surface area (Å²) in [6.07, 6.45) is 0. The van der Waals surface area contributed by atoms with Gasteiger partial charge >= 0.3 is 0 Å². The van der Waals surface area contributed by atoms with E-state index in [-0.39, 0.29) is 19.0 Å². The van der Waals surface area contributed by atoms with Gasteiger partial charge in [-0.1, -0.05) is 25.6 Å². The number of hydrogen-bond donors (Lipinski definition) is 3. The van der Waals surface area contributed by atoms with Crippen LogP contribution in [0.3, 0.4) is 0 Å². The van der Waals surface area contributed by atoms with Crippen LogP contribution in [0.1, 0.15) is 52.3 Å². The average Bonchev–Trinajstić information content (AvgIpc) is 2.79. The molecule has 0 saturated carbocycles. The Balaban J connectivity index is 0.000000344. The number of anilines is 2. The Morgan fingerprint density at radius 2 is 1.16 bits per heavy atom. The zero-order chi connectivity index (χ0) is 22.1. The predicted molar refractivity (Wildman–Crippen MR) is 120 cm³/mol. The molecule has 3 aromatic carbocycles. The summed E-state index contributed by atoms with van der Waals surface area (Å²) >= 11 is 0. The Hall–Kier alpha value is -3.81. The number of carbonyl (C=O) groups excluding carboxylic acids is 3. The average molecular weight is 422 g/mol. The standard InChI is InChI=1S/C15H13NO3.C8H9NO2.CH4/c1-11(17)12-7-9-14(10-8-12)16(19)15(18)13-5-3-2-4-6-13;1-6(10)7-2-4-8(9-11)5-3-7;/h2-10,19H,1H3;2-5,9,11H,1H3;1H4. The molecule has 0 unspecified atom stereocenters. The highest BCUT2D eigenvalue weighted by atomic mass is 16.5. The molecule has 0 bridgehead atoms. The van der Waals surface area contributed by atoms with Crippen LogP contribution in [0.5, 0.6) is 0 Å². The van der Waals surface area contributed by atoms with Crippen molar-refractivity contribution in [2.75, 3.05) is 10.5 Å². The van der Waals surface area contributed by atoms with Crippen LogP contribution in [0.25, 0.3) is 0 Å². The fourth-order valence-electron chi connectivity index (χ4n) is 2.44. The van der Waals surface area contributed by atoms with Crippen molar-refractivity contribution in [2.24, 2.45) is 0 Å². The Bertz CT molecular complexity index is 1000. The highest BCUT2D eigenvalue weighted by Crippen LogP contribution is 2.16. The van der Waals surface area contributed by atoms with Gasteiger partial charge in [-0.25, -0.2) is 0 Å². The summed E-state index contributed by atoms with van der Waals surface area (Å²) in [4.78, 5) is 33.9. The number of hydrogen-bond acceptors (Lipinski definition) is 6. The zero-order valence-electron chi connectivity index (χ0n) is 16.6. The first-order valence-electron chi connectivity index (χ1n) is 9.04. The second-order valence-electron chi connectivity index (χ2n) is 6.33. The summed E-state index contributed by atoms with van der Waals surface area (Å²) in [6, 6.07) is 21.2. The number of Topliss-reactive ketones (excluding diaryl/α,β-unsaturated/α-hetero) is 2. The molecule has 0 aliphatic rings. The molecule has 0 heterocycles. The van der Waals surface area contributed by atoms with Crippen LogP contribution in [0.2, 0.25) is 0 Å². The molecule has 3 aromatic rings. The van der Waals surface area contributed by atoms with Crippen molar-refractivity contribution in [3.8, 4) is 0 Å². The fraction of sp³-hybridized carbons (Fsp3) is 0.125. The first-order valence-corrected chi connectivity index (χ1v) is 9.04. The molecule has 0 fully saturated rings. The number of nitrogens with zero attached hydrogens (tertiary/aromatic N) is 1. The smallest absolute Gasteiger partial charge is 0.281 e. The topological polar surface area (TPSA) is 107 Å². The van der Waals surface area contributed by atoms with Crippen molar-refractivity contribution >= 4 is 28.8 Å². The van der Waals surface area contributed by atoms with Crippen molar-refractivity contribution in [3.63, 3.8) is 0 Å². The van der Waals surface area contributed by atoms with Crippen molar-refractivity contribution in [2.45, 2.75) is 21.3 Å². The zero-order valence-corrected chi connectivity index (χ0v) is 16.6. The third-order valence-electron chi connectivity index (χ3n) is 4.15. The maximum atomic E-state index is 12.0. The highest BCUT2D eigenvalue weighted by molar-refractivity contribution is 6.04. The highest BCUT2D eigenvalue weighted by Gasteiger charge is 2.15. The van der Waals surface area contributed by atoms with Gasteiger partial charge in [0.15, 0.2) is 11.6 Å². The number of ketones is 2.